The molecule has 0 bridgehead atoms. The minimum Gasteiger partial charge on any atom is -0.383 e. The van der Waals surface area contributed by atoms with Crippen LogP contribution in [-0.4, -0.2) is 31.0 Å². The van der Waals surface area contributed by atoms with E-state index in [1.165, 1.54) is 0 Å². The van der Waals surface area contributed by atoms with E-state index in [0.717, 1.165) is 6.42 Å². The highest BCUT2D eigenvalue weighted by Gasteiger charge is 2.48. The molecule has 0 aliphatic carbocycles. The summed E-state index contributed by atoms with van der Waals surface area (Å²) in [6, 6.07) is 0.0665. The number of rotatable bonds is 3. The monoisotopic (exact) mass is 201 g/mol. The summed E-state index contributed by atoms with van der Waals surface area (Å²) in [4.78, 5) is 0. The zero-order valence-electron chi connectivity index (χ0n) is 9.96. The lowest BCUT2D eigenvalue weighted by atomic mass is 9.82. The van der Waals surface area contributed by atoms with E-state index >= 15 is 0 Å². The SMILES string of the molecule is COCC(N)C1CC(C)(C)OC1(C)C. The normalized spacial score (nSPS) is 31.7. The van der Waals surface area contributed by atoms with E-state index in [0.29, 0.717) is 12.5 Å². The zero-order valence-corrected chi connectivity index (χ0v) is 9.96. The Balaban J connectivity index is 2.69. The van der Waals surface area contributed by atoms with Crippen LogP contribution in [0.5, 0.6) is 0 Å². The average molecular weight is 201 g/mol. The molecule has 2 atom stereocenters. The van der Waals surface area contributed by atoms with Gasteiger partial charge < -0.3 is 15.2 Å². The maximum Gasteiger partial charge on any atom is 0.0678 e. The lowest BCUT2D eigenvalue weighted by molar-refractivity contribution is -0.0783. The molecule has 1 aliphatic rings. The van der Waals surface area contributed by atoms with Gasteiger partial charge in [0.05, 0.1) is 17.8 Å². The lowest BCUT2D eigenvalue weighted by Crippen LogP contribution is -2.43. The van der Waals surface area contributed by atoms with Crippen LogP contribution in [0.4, 0.5) is 0 Å². The molecule has 1 fully saturated rings. The molecule has 14 heavy (non-hydrogen) atoms. The molecule has 0 spiro atoms. The average Bonchev–Trinajstić information content (AvgIpc) is 2.19. The topological polar surface area (TPSA) is 44.5 Å². The molecular formula is C11H23NO2. The highest BCUT2D eigenvalue weighted by Crippen LogP contribution is 2.43. The van der Waals surface area contributed by atoms with E-state index in [4.69, 9.17) is 15.2 Å². The minimum absolute atomic E-state index is 0.0560. The van der Waals surface area contributed by atoms with Crippen LogP contribution < -0.4 is 5.73 Å². The van der Waals surface area contributed by atoms with Gasteiger partial charge in [-0.05, 0) is 34.1 Å². The summed E-state index contributed by atoms with van der Waals surface area (Å²) in [5.41, 5.74) is 5.89. The summed E-state index contributed by atoms with van der Waals surface area (Å²) in [7, 11) is 1.69. The molecule has 0 aromatic heterocycles. The van der Waals surface area contributed by atoms with Gasteiger partial charge in [-0.3, -0.25) is 0 Å². The molecule has 2 unspecified atom stereocenters. The van der Waals surface area contributed by atoms with Gasteiger partial charge >= 0.3 is 0 Å². The predicted molar refractivity (Wildman–Crippen MR) is 57.2 cm³/mol. The van der Waals surface area contributed by atoms with Gasteiger partial charge in [0.2, 0.25) is 0 Å². The van der Waals surface area contributed by atoms with Crippen molar-refractivity contribution in [2.45, 2.75) is 51.4 Å². The Bertz CT molecular complexity index is 201. The van der Waals surface area contributed by atoms with Crippen LogP contribution in [0.25, 0.3) is 0 Å². The smallest absolute Gasteiger partial charge is 0.0678 e. The molecule has 0 saturated carbocycles. The van der Waals surface area contributed by atoms with Crippen molar-refractivity contribution >= 4 is 0 Å². The number of nitrogens with two attached hydrogens (primary N) is 1. The van der Waals surface area contributed by atoms with Crippen molar-refractivity contribution in [1.82, 2.24) is 0 Å². The quantitative estimate of drug-likeness (QED) is 0.753. The largest absolute Gasteiger partial charge is 0.383 e. The summed E-state index contributed by atoms with van der Waals surface area (Å²) in [6.07, 6.45) is 1.00. The molecule has 2 N–H and O–H groups in total. The third kappa shape index (κ3) is 2.47. The van der Waals surface area contributed by atoms with Gasteiger partial charge in [0.1, 0.15) is 0 Å². The van der Waals surface area contributed by atoms with E-state index in [1.54, 1.807) is 7.11 Å². The first-order valence-electron chi connectivity index (χ1n) is 5.23. The van der Waals surface area contributed by atoms with E-state index in [-0.39, 0.29) is 17.2 Å². The zero-order chi connectivity index (χ0) is 11.0. The molecule has 3 nitrogen and oxygen atoms in total. The summed E-state index contributed by atoms with van der Waals surface area (Å²) < 4.78 is 11.1. The molecule has 1 heterocycles. The maximum atomic E-state index is 6.08. The maximum absolute atomic E-state index is 6.08. The molecule has 1 rings (SSSR count). The highest BCUT2D eigenvalue weighted by molar-refractivity contribution is 4.98. The summed E-state index contributed by atoms with van der Waals surface area (Å²) in [5, 5.41) is 0. The third-order valence-electron chi connectivity index (χ3n) is 3.02. The van der Waals surface area contributed by atoms with E-state index in [1.807, 2.05) is 0 Å². The van der Waals surface area contributed by atoms with Crippen LogP contribution in [0.1, 0.15) is 34.1 Å². The lowest BCUT2D eigenvalue weighted by Gasteiger charge is -2.30. The first-order chi connectivity index (χ1) is 6.28. The van der Waals surface area contributed by atoms with Crippen molar-refractivity contribution in [2.24, 2.45) is 11.7 Å². The van der Waals surface area contributed by atoms with Gasteiger partial charge in [-0.1, -0.05) is 0 Å². The predicted octanol–water partition coefficient (Wildman–Crippen LogP) is 1.55. The molecule has 3 heteroatoms. The fourth-order valence-electron chi connectivity index (χ4n) is 2.58. The van der Waals surface area contributed by atoms with Crippen LogP contribution in [0.3, 0.4) is 0 Å². The Hall–Kier alpha value is -0.120. The van der Waals surface area contributed by atoms with Gasteiger partial charge in [0, 0.05) is 19.1 Å². The molecule has 1 aliphatic heterocycles. The van der Waals surface area contributed by atoms with E-state index < -0.39 is 0 Å². The molecule has 0 aromatic rings. The van der Waals surface area contributed by atoms with E-state index in [9.17, 15) is 0 Å². The van der Waals surface area contributed by atoms with Crippen molar-refractivity contribution in [3.05, 3.63) is 0 Å². The first-order valence-corrected chi connectivity index (χ1v) is 5.23. The van der Waals surface area contributed by atoms with Crippen molar-refractivity contribution < 1.29 is 9.47 Å². The Labute approximate surface area is 86.9 Å². The Kier molecular flexibility index (Phi) is 3.24. The molecule has 1 saturated heterocycles. The summed E-state index contributed by atoms with van der Waals surface area (Å²) in [6.45, 7) is 9.07. The second-order valence-electron chi connectivity index (χ2n) is 5.40. The van der Waals surface area contributed by atoms with Crippen molar-refractivity contribution in [3.63, 3.8) is 0 Å². The van der Waals surface area contributed by atoms with E-state index in [2.05, 4.69) is 27.7 Å². The molecule has 84 valence electrons. The molecule has 0 aromatic carbocycles. The summed E-state index contributed by atoms with van der Waals surface area (Å²) >= 11 is 0. The first kappa shape index (κ1) is 12.0. The van der Waals surface area contributed by atoms with Crippen molar-refractivity contribution in [3.8, 4) is 0 Å². The number of ether oxygens (including phenoxy) is 2. The second-order valence-corrected chi connectivity index (χ2v) is 5.40. The van der Waals surface area contributed by atoms with Gasteiger partial charge in [0.15, 0.2) is 0 Å². The Morgan fingerprint density at radius 1 is 1.43 bits per heavy atom. The number of hydrogen-bond acceptors (Lipinski definition) is 3. The molecular weight excluding hydrogens is 178 g/mol. The van der Waals surface area contributed by atoms with Gasteiger partial charge in [-0.15, -0.1) is 0 Å². The molecule has 0 amide bonds. The van der Waals surface area contributed by atoms with Crippen LogP contribution in [0.15, 0.2) is 0 Å². The van der Waals surface area contributed by atoms with Crippen LogP contribution in [-0.2, 0) is 9.47 Å². The highest BCUT2D eigenvalue weighted by atomic mass is 16.5. The number of hydrogen-bond donors (Lipinski definition) is 1. The number of methoxy groups -OCH3 is 1. The van der Waals surface area contributed by atoms with Gasteiger partial charge in [-0.25, -0.2) is 0 Å². The standard InChI is InChI=1S/C11H23NO2/c1-10(2)6-8(9(12)7-13-5)11(3,4)14-10/h8-9H,6-7,12H2,1-5H3. The van der Waals surface area contributed by atoms with Crippen LogP contribution in [0.2, 0.25) is 0 Å². The van der Waals surface area contributed by atoms with Crippen LogP contribution >= 0.6 is 0 Å². The van der Waals surface area contributed by atoms with Crippen molar-refractivity contribution in [1.29, 1.82) is 0 Å². The summed E-state index contributed by atoms with van der Waals surface area (Å²) in [5.74, 6) is 0.373. The fraction of sp³-hybridized carbons (Fsp3) is 1.00. The van der Waals surface area contributed by atoms with Gasteiger partial charge in [0.25, 0.3) is 0 Å². The molecule has 0 radical (unpaired) electrons. The van der Waals surface area contributed by atoms with Gasteiger partial charge in [-0.2, -0.15) is 0 Å². The fourth-order valence-corrected chi connectivity index (χ4v) is 2.58. The van der Waals surface area contributed by atoms with Crippen molar-refractivity contribution in [2.75, 3.05) is 13.7 Å². The Morgan fingerprint density at radius 2 is 2.00 bits per heavy atom. The van der Waals surface area contributed by atoms with Crippen LogP contribution in [0, 0.1) is 5.92 Å². The second kappa shape index (κ2) is 3.80. The Morgan fingerprint density at radius 3 is 2.36 bits per heavy atom. The minimum atomic E-state index is -0.137. The third-order valence-corrected chi connectivity index (χ3v) is 3.02.